The van der Waals surface area contributed by atoms with Gasteiger partial charge in [0.05, 0.1) is 15.7 Å². The van der Waals surface area contributed by atoms with Crippen LogP contribution >= 0.6 is 23.2 Å². The second kappa shape index (κ2) is 5.47. The summed E-state index contributed by atoms with van der Waals surface area (Å²) in [4.78, 5) is 11.9. The van der Waals surface area contributed by atoms with E-state index in [1.165, 1.54) is 18.2 Å². The third-order valence-electron chi connectivity index (χ3n) is 2.42. The van der Waals surface area contributed by atoms with Gasteiger partial charge in [-0.05, 0) is 36.4 Å². The first-order chi connectivity index (χ1) is 8.97. The number of nitrogens with one attached hydrogen (secondary N) is 1. The fourth-order valence-electron chi connectivity index (χ4n) is 1.46. The quantitative estimate of drug-likeness (QED) is 0.824. The summed E-state index contributed by atoms with van der Waals surface area (Å²) in [7, 11) is 0. The van der Waals surface area contributed by atoms with Crippen molar-refractivity contribution < 1.29 is 9.18 Å². The molecule has 0 aliphatic heterocycles. The van der Waals surface area contributed by atoms with Gasteiger partial charge in [-0.3, -0.25) is 4.79 Å². The number of amides is 1. The number of hydrogen-bond acceptors (Lipinski definition) is 2. The normalized spacial score (nSPS) is 10.3. The van der Waals surface area contributed by atoms with Gasteiger partial charge in [-0.2, -0.15) is 0 Å². The molecule has 0 unspecified atom stereocenters. The molecule has 0 heterocycles. The Morgan fingerprint density at radius 3 is 2.47 bits per heavy atom. The van der Waals surface area contributed by atoms with Crippen molar-refractivity contribution in [2.75, 3.05) is 11.1 Å². The van der Waals surface area contributed by atoms with Crippen LogP contribution in [0.15, 0.2) is 36.4 Å². The van der Waals surface area contributed by atoms with Crippen LogP contribution in [0.5, 0.6) is 0 Å². The first-order valence-electron chi connectivity index (χ1n) is 5.29. The molecule has 3 N–H and O–H groups in total. The summed E-state index contributed by atoms with van der Waals surface area (Å²) >= 11 is 11.5. The van der Waals surface area contributed by atoms with Crippen LogP contribution in [0.2, 0.25) is 10.0 Å². The second-order valence-corrected chi connectivity index (χ2v) is 4.64. The van der Waals surface area contributed by atoms with Crippen molar-refractivity contribution in [3.05, 3.63) is 57.8 Å². The third kappa shape index (κ3) is 3.16. The van der Waals surface area contributed by atoms with Crippen molar-refractivity contribution in [1.82, 2.24) is 0 Å². The lowest BCUT2D eigenvalue weighted by Crippen LogP contribution is -2.12. The molecule has 0 saturated carbocycles. The van der Waals surface area contributed by atoms with Gasteiger partial charge < -0.3 is 11.1 Å². The molecule has 6 heteroatoms. The van der Waals surface area contributed by atoms with Gasteiger partial charge in [-0.15, -0.1) is 0 Å². The fourth-order valence-corrected chi connectivity index (χ4v) is 1.82. The highest BCUT2D eigenvalue weighted by molar-refractivity contribution is 6.34. The fraction of sp³-hybridized carbons (Fsp3) is 0. The molecule has 3 nitrogen and oxygen atoms in total. The number of anilines is 2. The summed E-state index contributed by atoms with van der Waals surface area (Å²) in [6.07, 6.45) is 0. The zero-order valence-electron chi connectivity index (χ0n) is 9.58. The Kier molecular flexibility index (Phi) is 3.93. The van der Waals surface area contributed by atoms with Gasteiger partial charge in [0.2, 0.25) is 0 Å². The Morgan fingerprint density at radius 2 is 1.84 bits per heavy atom. The summed E-state index contributed by atoms with van der Waals surface area (Å²) < 4.78 is 13.3. The molecule has 2 aromatic rings. The van der Waals surface area contributed by atoms with Crippen molar-refractivity contribution in [2.24, 2.45) is 0 Å². The molecule has 0 aliphatic rings. The summed E-state index contributed by atoms with van der Waals surface area (Å²) in [6, 6.07) is 8.48. The average Bonchev–Trinajstić information content (AvgIpc) is 2.36. The van der Waals surface area contributed by atoms with E-state index in [1.807, 2.05) is 0 Å². The number of nitrogen functional groups attached to an aromatic ring is 1. The van der Waals surface area contributed by atoms with E-state index in [1.54, 1.807) is 12.1 Å². The van der Waals surface area contributed by atoms with E-state index in [0.29, 0.717) is 16.4 Å². The van der Waals surface area contributed by atoms with Crippen molar-refractivity contribution in [3.63, 3.8) is 0 Å². The van der Waals surface area contributed by atoms with Crippen LogP contribution in [0.25, 0.3) is 0 Å². The molecule has 2 aromatic carbocycles. The minimum absolute atomic E-state index is 0.0398. The maximum atomic E-state index is 13.3. The van der Waals surface area contributed by atoms with Crippen LogP contribution in [0.4, 0.5) is 15.8 Å². The SMILES string of the molecule is Nc1ccc(NC(=O)c2ccc(Cl)c(F)c2)c(Cl)c1. The average molecular weight is 299 g/mol. The van der Waals surface area contributed by atoms with Crippen molar-refractivity contribution >= 4 is 40.5 Å². The summed E-state index contributed by atoms with van der Waals surface area (Å²) in [5.74, 6) is -1.14. The standard InChI is InChI=1S/C13H9Cl2FN2O/c14-9-3-1-7(5-11(9)16)13(19)18-12-4-2-8(17)6-10(12)15/h1-6H,17H2,(H,18,19). The maximum Gasteiger partial charge on any atom is 0.255 e. The van der Waals surface area contributed by atoms with Gasteiger partial charge in [-0.25, -0.2) is 4.39 Å². The molecule has 0 saturated heterocycles. The Bertz CT molecular complexity index is 647. The molecule has 0 atom stereocenters. The molecular formula is C13H9Cl2FN2O. The number of carbonyl (C=O) groups is 1. The van der Waals surface area contributed by atoms with E-state index in [0.717, 1.165) is 6.07 Å². The number of hydrogen-bond donors (Lipinski definition) is 2. The molecule has 0 aliphatic carbocycles. The largest absolute Gasteiger partial charge is 0.399 e. The molecule has 98 valence electrons. The van der Waals surface area contributed by atoms with E-state index in [9.17, 15) is 9.18 Å². The van der Waals surface area contributed by atoms with Crippen molar-refractivity contribution in [1.29, 1.82) is 0 Å². The molecule has 19 heavy (non-hydrogen) atoms. The van der Waals surface area contributed by atoms with Crippen LogP contribution < -0.4 is 11.1 Å². The lowest BCUT2D eigenvalue weighted by atomic mass is 10.2. The molecule has 0 spiro atoms. The van der Waals surface area contributed by atoms with E-state index < -0.39 is 11.7 Å². The van der Waals surface area contributed by atoms with Crippen molar-refractivity contribution in [2.45, 2.75) is 0 Å². The third-order valence-corrected chi connectivity index (χ3v) is 3.04. The predicted molar refractivity (Wildman–Crippen MR) is 75.2 cm³/mol. The zero-order chi connectivity index (χ0) is 14.0. The van der Waals surface area contributed by atoms with Gasteiger partial charge >= 0.3 is 0 Å². The van der Waals surface area contributed by atoms with Crippen LogP contribution in [-0.2, 0) is 0 Å². The minimum Gasteiger partial charge on any atom is -0.399 e. The summed E-state index contributed by atoms with van der Waals surface area (Å²) in [5.41, 5.74) is 6.58. The smallest absolute Gasteiger partial charge is 0.255 e. The molecular weight excluding hydrogens is 290 g/mol. The molecule has 0 radical (unpaired) electrons. The lowest BCUT2D eigenvalue weighted by molar-refractivity contribution is 0.102. The maximum absolute atomic E-state index is 13.3. The van der Waals surface area contributed by atoms with E-state index in [-0.39, 0.29) is 10.6 Å². The van der Waals surface area contributed by atoms with Crippen LogP contribution in [0.1, 0.15) is 10.4 Å². The number of nitrogens with two attached hydrogens (primary N) is 1. The van der Waals surface area contributed by atoms with Gasteiger partial charge in [0, 0.05) is 11.3 Å². The van der Waals surface area contributed by atoms with E-state index in [4.69, 9.17) is 28.9 Å². The Labute approximate surface area is 119 Å². The number of carbonyl (C=O) groups excluding carboxylic acids is 1. The molecule has 0 aromatic heterocycles. The number of rotatable bonds is 2. The first kappa shape index (κ1) is 13.6. The van der Waals surface area contributed by atoms with Gasteiger partial charge in [0.15, 0.2) is 0 Å². The number of halogens is 3. The monoisotopic (exact) mass is 298 g/mol. The minimum atomic E-state index is -0.655. The highest BCUT2D eigenvalue weighted by Crippen LogP contribution is 2.25. The number of benzene rings is 2. The highest BCUT2D eigenvalue weighted by atomic mass is 35.5. The van der Waals surface area contributed by atoms with Gasteiger partial charge in [0.25, 0.3) is 5.91 Å². The summed E-state index contributed by atoms with van der Waals surface area (Å²) in [5, 5.41) is 2.83. The lowest BCUT2D eigenvalue weighted by Gasteiger charge is -2.08. The molecule has 1 amide bonds. The predicted octanol–water partition coefficient (Wildman–Crippen LogP) is 3.97. The first-order valence-corrected chi connectivity index (χ1v) is 6.04. The molecule has 0 fully saturated rings. The Hall–Kier alpha value is -1.78. The zero-order valence-corrected chi connectivity index (χ0v) is 11.1. The Morgan fingerprint density at radius 1 is 1.11 bits per heavy atom. The molecule has 0 bridgehead atoms. The summed E-state index contributed by atoms with van der Waals surface area (Å²) in [6.45, 7) is 0. The van der Waals surface area contributed by atoms with Gasteiger partial charge in [-0.1, -0.05) is 23.2 Å². The topological polar surface area (TPSA) is 55.1 Å². The van der Waals surface area contributed by atoms with Crippen LogP contribution in [0.3, 0.4) is 0 Å². The molecule has 2 rings (SSSR count). The second-order valence-electron chi connectivity index (χ2n) is 3.82. The van der Waals surface area contributed by atoms with E-state index in [2.05, 4.69) is 5.32 Å². The van der Waals surface area contributed by atoms with Crippen molar-refractivity contribution in [3.8, 4) is 0 Å². The van der Waals surface area contributed by atoms with E-state index >= 15 is 0 Å². The Balaban J connectivity index is 2.23. The van der Waals surface area contributed by atoms with Crippen LogP contribution in [0, 0.1) is 5.82 Å². The highest BCUT2D eigenvalue weighted by Gasteiger charge is 2.11. The van der Waals surface area contributed by atoms with Gasteiger partial charge in [0.1, 0.15) is 5.82 Å². The van der Waals surface area contributed by atoms with Crippen LogP contribution in [-0.4, -0.2) is 5.91 Å².